The van der Waals surface area contributed by atoms with Crippen molar-refractivity contribution >= 4 is 5.91 Å². The Bertz CT molecular complexity index is 478. The Kier molecular flexibility index (Phi) is 3.96. The fourth-order valence-corrected chi connectivity index (χ4v) is 2.21. The van der Waals surface area contributed by atoms with E-state index in [0.717, 1.165) is 24.9 Å². The lowest BCUT2D eigenvalue weighted by Gasteiger charge is -2.26. The first kappa shape index (κ1) is 12.6. The second kappa shape index (κ2) is 5.65. The number of benzene rings is 1. The van der Waals surface area contributed by atoms with Crippen molar-refractivity contribution in [2.45, 2.75) is 31.8 Å². The molecule has 2 rings (SSSR count). The number of nitrogens with zero attached hydrogens (tertiary/aromatic N) is 1. The maximum absolute atomic E-state index is 11.7. The van der Waals surface area contributed by atoms with E-state index in [0.29, 0.717) is 5.56 Å². The molecule has 0 saturated carbocycles. The first-order valence-corrected chi connectivity index (χ1v) is 6.24. The standard InChI is InChI=1S/C14H17N3O/c1-10(12-5-2-4-11(8-12)9-15)17-13-6-3-7-16-14(13)18/h2,4-5,8,10,13,17H,3,6-7H2,1H3,(H,16,18). The molecule has 0 radical (unpaired) electrons. The lowest BCUT2D eigenvalue weighted by molar-refractivity contribution is -0.124. The van der Waals surface area contributed by atoms with E-state index in [1.54, 1.807) is 6.07 Å². The first-order valence-electron chi connectivity index (χ1n) is 6.24. The SMILES string of the molecule is CC(NC1CCCNC1=O)c1cccc(C#N)c1. The van der Waals surface area contributed by atoms with E-state index in [1.165, 1.54) is 0 Å². The maximum atomic E-state index is 11.7. The molecule has 1 aliphatic heterocycles. The number of carbonyl (C=O) groups excluding carboxylic acids is 1. The van der Waals surface area contributed by atoms with Crippen LogP contribution in [0.15, 0.2) is 24.3 Å². The highest BCUT2D eigenvalue weighted by Crippen LogP contribution is 2.16. The summed E-state index contributed by atoms with van der Waals surface area (Å²) in [7, 11) is 0. The average Bonchev–Trinajstić information content (AvgIpc) is 2.41. The molecule has 0 bridgehead atoms. The Morgan fingerprint density at radius 2 is 2.39 bits per heavy atom. The molecule has 0 aromatic heterocycles. The topological polar surface area (TPSA) is 64.9 Å². The Balaban J connectivity index is 2.04. The molecule has 1 aromatic rings. The van der Waals surface area contributed by atoms with Crippen LogP contribution >= 0.6 is 0 Å². The fraction of sp³-hybridized carbons (Fsp3) is 0.429. The summed E-state index contributed by atoms with van der Waals surface area (Å²) in [6.45, 7) is 2.79. The van der Waals surface area contributed by atoms with Gasteiger partial charge in [-0.05, 0) is 37.5 Å². The summed E-state index contributed by atoms with van der Waals surface area (Å²) in [5.74, 6) is 0.0736. The molecule has 1 aliphatic rings. The van der Waals surface area contributed by atoms with Crippen molar-refractivity contribution in [1.29, 1.82) is 5.26 Å². The molecule has 1 heterocycles. The van der Waals surface area contributed by atoms with Gasteiger partial charge in [0.25, 0.3) is 0 Å². The summed E-state index contributed by atoms with van der Waals surface area (Å²) in [5.41, 5.74) is 1.68. The zero-order valence-corrected chi connectivity index (χ0v) is 10.4. The van der Waals surface area contributed by atoms with Crippen LogP contribution in [0.3, 0.4) is 0 Å². The second-order valence-corrected chi connectivity index (χ2v) is 4.61. The third-order valence-electron chi connectivity index (χ3n) is 3.25. The molecular weight excluding hydrogens is 226 g/mol. The van der Waals surface area contributed by atoms with Crippen LogP contribution in [0, 0.1) is 11.3 Å². The van der Waals surface area contributed by atoms with Crippen molar-refractivity contribution < 1.29 is 4.79 Å². The van der Waals surface area contributed by atoms with Gasteiger partial charge >= 0.3 is 0 Å². The van der Waals surface area contributed by atoms with Gasteiger partial charge in [0.15, 0.2) is 0 Å². The highest BCUT2D eigenvalue weighted by atomic mass is 16.2. The fourth-order valence-electron chi connectivity index (χ4n) is 2.21. The van der Waals surface area contributed by atoms with E-state index >= 15 is 0 Å². The number of rotatable bonds is 3. The van der Waals surface area contributed by atoms with Crippen LogP contribution < -0.4 is 10.6 Å². The second-order valence-electron chi connectivity index (χ2n) is 4.61. The molecule has 2 unspecified atom stereocenters. The highest BCUT2D eigenvalue weighted by molar-refractivity contribution is 5.82. The van der Waals surface area contributed by atoms with Crippen LogP contribution in [0.25, 0.3) is 0 Å². The number of carbonyl (C=O) groups is 1. The molecule has 0 aliphatic carbocycles. The minimum atomic E-state index is -0.125. The lowest BCUT2D eigenvalue weighted by Crippen LogP contribution is -2.48. The van der Waals surface area contributed by atoms with Crippen LogP contribution in [0.1, 0.15) is 36.9 Å². The molecule has 0 spiro atoms. The molecular formula is C14H17N3O. The van der Waals surface area contributed by atoms with E-state index < -0.39 is 0 Å². The van der Waals surface area contributed by atoms with Crippen molar-refractivity contribution in [2.75, 3.05) is 6.54 Å². The van der Waals surface area contributed by atoms with Gasteiger partial charge in [-0.2, -0.15) is 5.26 Å². The van der Waals surface area contributed by atoms with Gasteiger partial charge in [0.1, 0.15) is 0 Å². The zero-order valence-electron chi connectivity index (χ0n) is 10.4. The normalized spacial score (nSPS) is 20.9. The Morgan fingerprint density at radius 1 is 1.56 bits per heavy atom. The number of nitrogens with one attached hydrogen (secondary N) is 2. The molecule has 1 saturated heterocycles. The molecule has 1 amide bonds. The van der Waals surface area contributed by atoms with Crippen LogP contribution in [0.5, 0.6) is 0 Å². The van der Waals surface area contributed by atoms with Crippen molar-refractivity contribution in [2.24, 2.45) is 0 Å². The minimum absolute atomic E-state index is 0.0622. The third kappa shape index (κ3) is 2.88. The first-order chi connectivity index (χ1) is 8.70. The number of nitriles is 1. The van der Waals surface area contributed by atoms with Gasteiger partial charge in [0.2, 0.25) is 5.91 Å². The van der Waals surface area contributed by atoms with E-state index in [9.17, 15) is 4.79 Å². The zero-order chi connectivity index (χ0) is 13.0. The minimum Gasteiger partial charge on any atom is -0.355 e. The van der Waals surface area contributed by atoms with Gasteiger partial charge < -0.3 is 5.32 Å². The van der Waals surface area contributed by atoms with Crippen molar-refractivity contribution in [3.05, 3.63) is 35.4 Å². The molecule has 2 N–H and O–H groups in total. The van der Waals surface area contributed by atoms with Crippen molar-refractivity contribution in [3.8, 4) is 6.07 Å². The Hall–Kier alpha value is -1.86. The summed E-state index contributed by atoms with van der Waals surface area (Å²) in [4.78, 5) is 11.7. The van der Waals surface area contributed by atoms with Crippen LogP contribution in [-0.4, -0.2) is 18.5 Å². The molecule has 1 fully saturated rings. The number of piperidine rings is 1. The quantitative estimate of drug-likeness (QED) is 0.845. The van der Waals surface area contributed by atoms with E-state index in [1.807, 2.05) is 25.1 Å². The summed E-state index contributed by atoms with van der Waals surface area (Å²) >= 11 is 0. The smallest absolute Gasteiger partial charge is 0.237 e. The summed E-state index contributed by atoms with van der Waals surface area (Å²) in [6, 6.07) is 9.54. The van der Waals surface area contributed by atoms with Gasteiger partial charge in [-0.25, -0.2) is 0 Å². The average molecular weight is 243 g/mol. The summed E-state index contributed by atoms with van der Waals surface area (Å²) < 4.78 is 0. The van der Waals surface area contributed by atoms with E-state index in [2.05, 4.69) is 16.7 Å². The van der Waals surface area contributed by atoms with Gasteiger partial charge in [-0.15, -0.1) is 0 Å². The predicted molar refractivity (Wildman–Crippen MR) is 68.7 cm³/mol. The summed E-state index contributed by atoms with van der Waals surface area (Å²) in [6.07, 6.45) is 1.88. The molecule has 1 aromatic carbocycles. The van der Waals surface area contributed by atoms with Crippen molar-refractivity contribution in [3.63, 3.8) is 0 Å². The lowest BCUT2D eigenvalue weighted by atomic mass is 10.0. The maximum Gasteiger partial charge on any atom is 0.237 e. The molecule has 4 nitrogen and oxygen atoms in total. The monoisotopic (exact) mass is 243 g/mol. The Labute approximate surface area is 107 Å². The van der Waals surface area contributed by atoms with Gasteiger partial charge in [-0.1, -0.05) is 12.1 Å². The summed E-state index contributed by atoms with van der Waals surface area (Å²) in [5, 5.41) is 15.0. The molecule has 18 heavy (non-hydrogen) atoms. The number of amides is 1. The van der Waals surface area contributed by atoms with E-state index in [-0.39, 0.29) is 18.0 Å². The van der Waals surface area contributed by atoms with Crippen LogP contribution in [0.2, 0.25) is 0 Å². The predicted octanol–water partition coefficient (Wildman–Crippen LogP) is 1.49. The van der Waals surface area contributed by atoms with Crippen LogP contribution in [-0.2, 0) is 4.79 Å². The van der Waals surface area contributed by atoms with Gasteiger partial charge in [0.05, 0.1) is 17.7 Å². The largest absolute Gasteiger partial charge is 0.355 e. The van der Waals surface area contributed by atoms with E-state index in [4.69, 9.17) is 5.26 Å². The Morgan fingerprint density at radius 3 is 3.11 bits per heavy atom. The molecule has 4 heteroatoms. The molecule has 2 atom stereocenters. The van der Waals surface area contributed by atoms with Crippen molar-refractivity contribution in [1.82, 2.24) is 10.6 Å². The molecule has 94 valence electrons. The van der Waals surface area contributed by atoms with Gasteiger partial charge in [0, 0.05) is 12.6 Å². The third-order valence-corrected chi connectivity index (χ3v) is 3.25. The number of hydrogen-bond donors (Lipinski definition) is 2. The highest BCUT2D eigenvalue weighted by Gasteiger charge is 2.23. The number of hydrogen-bond acceptors (Lipinski definition) is 3. The van der Waals surface area contributed by atoms with Gasteiger partial charge in [-0.3, -0.25) is 10.1 Å². The van der Waals surface area contributed by atoms with Crippen LogP contribution in [0.4, 0.5) is 0 Å².